The third-order valence-corrected chi connectivity index (χ3v) is 4.34. The number of hydrogen-bond donors (Lipinski definition) is 5. The molecular weight excluding hydrogens is 330 g/mol. The number of guanidine groups is 1. The van der Waals surface area contributed by atoms with Crippen LogP contribution in [-0.2, 0) is 0 Å². The first-order valence-corrected chi connectivity index (χ1v) is 8.79. The highest BCUT2D eigenvalue weighted by molar-refractivity contribution is 5.76. The van der Waals surface area contributed by atoms with E-state index < -0.39 is 0 Å². The second kappa shape index (κ2) is 8.01. The predicted octanol–water partition coefficient (Wildman–Crippen LogP) is 0.913. The topological polar surface area (TPSA) is 125 Å². The van der Waals surface area contributed by atoms with E-state index in [1.54, 1.807) is 4.57 Å². The molecule has 8 nitrogen and oxygen atoms in total. The van der Waals surface area contributed by atoms with Gasteiger partial charge in [-0.05, 0) is 44.4 Å². The van der Waals surface area contributed by atoms with E-state index in [2.05, 4.69) is 32.8 Å². The van der Waals surface area contributed by atoms with Gasteiger partial charge in [0.05, 0.1) is 0 Å². The Kier molecular flexibility index (Phi) is 5.52. The molecule has 1 aliphatic carbocycles. The van der Waals surface area contributed by atoms with E-state index in [9.17, 15) is 4.79 Å². The summed E-state index contributed by atoms with van der Waals surface area (Å²) in [6.45, 7) is 4.39. The zero-order valence-electron chi connectivity index (χ0n) is 14.9. The summed E-state index contributed by atoms with van der Waals surface area (Å²) in [5, 5.41) is 14.2. The Morgan fingerprint density at radius 1 is 1.50 bits per heavy atom. The van der Waals surface area contributed by atoms with Gasteiger partial charge in [0.2, 0.25) is 0 Å². The van der Waals surface area contributed by atoms with E-state index >= 15 is 0 Å². The Hall–Kier alpha value is -2.87. The molecule has 0 aromatic carbocycles. The molecule has 0 bridgehead atoms. The summed E-state index contributed by atoms with van der Waals surface area (Å²) in [5.41, 5.74) is 7.44. The van der Waals surface area contributed by atoms with Gasteiger partial charge in [0.1, 0.15) is 5.65 Å². The lowest BCUT2D eigenvalue weighted by atomic mass is 9.99. The van der Waals surface area contributed by atoms with Gasteiger partial charge in [0, 0.05) is 36.1 Å². The molecule has 2 heterocycles. The van der Waals surface area contributed by atoms with Crippen LogP contribution in [0.25, 0.3) is 16.7 Å². The van der Waals surface area contributed by atoms with Crippen LogP contribution in [-0.4, -0.2) is 40.1 Å². The van der Waals surface area contributed by atoms with Crippen molar-refractivity contribution >= 4 is 22.7 Å². The fraction of sp³-hybridized carbons (Fsp3) is 0.389. The number of H-pyrrole nitrogens is 1. The molecule has 6 N–H and O–H groups in total. The number of aromatic nitrogens is 3. The van der Waals surface area contributed by atoms with Crippen molar-refractivity contribution in [1.82, 2.24) is 25.2 Å². The van der Waals surface area contributed by atoms with Gasteiger partial charge in [0.15, 0.2) is 5.96 Å². The summed E-state index contributed by atoms with van der Waals surface area (Å²) >= 11 is 0. The normalized spacial score (nSPS) is 16.7. The Labute approximate surface area is 151 Å². The van der Waals surface area contributed by atoms with E-state index in [-0.39, 0.29) is 11.6 Å². The van der Waals surface area contributed by atoms with Crippen LogP contribution in [0.15, 0.2) is 35.3 Å². The molecule has 8 heteroatoms. The van der Waals surface area contributed by atoms with Crippen molar-refractivity contribution in [3.05, 3.63) is 46.7 Å². The van der Waals surface area contributed by atoms with E-state index in [0.29, 0.717) is 18.1 Å². The molecule has 0 saturated carbocycles. The maximum absolute atomic E-state index is 12.3. The Bertz CT molecular complexity index is 906. The Balaban J connectivity index is 1.53. The number of fused-ring (bicyclic) bond motifs is 1. The average Bonchev–Trinajstić information content (AvgIpc) is 2.96. The number of nitrogens with zero attached hydrogens (tertiary/aromatic N) is 2. The van der Waals surface area contributed by atoms with Gasteiger partial charge in [-0.1, -0.05) is 12.2 Å². The molecule has 26 heavy (non-hydrogen) atoms. The number of nitrogens with one attached hydrogen (secondary N) is 4. The standard InChI is InChI=1S/C18H25N7O/c1-12-9-14-11-25(18(26)24-16(14)23-12)15-5-3-13(4-6-15)10-21-7-2-8-22-17(19)20/h3,5-6,9,11,13,21H,2,4,7-8,10H2,1H3,(H4,19,20,22)(H,23,24,26). The van der Waals surface area contributed by atoms with Gasteiger partial charge in [-0.3, -0.25) is 9.98 Å². The van der Waals surface area contributed by atoms with Crippen molar-refractivity contribution in [2.24, 2.45) is 11.7 Å². The molecule has 0 aliphatic heterocycles. The van der Waals surface area contributed by atoms with Crippen molar-refractivity contribution in [2.75, 3.05) is 19.6 Å². The minimum atomic E-state index is -0.273. The van der Waals surface area contributed by atoms with Crippen LogP contribution in [0.1, 0.15) is 18.5 Å². The van der Waals surface area contributed by atoms with Crippen LogP contribution in [0.4, 0.5) is 0 Å². The average molecular weight is 355 g/mol. The lowest BCUT2D eigenvalue weighted by Gasteiger charge is -2.17. The number of allylic oxidation sites excluding steroid dienone is 3. The molecule has 0 fully saturated rings. The molecular formula is C18H25N7O. The first kappa shape index (κ1) is 17.9. The maximum Gasteiger partial charge on any atom is 0.354 e. The van der Waals surface area contributed by atoms with Crippen molar-refractivity contribution in [1.29, 1.82) is 5.41 Å². The van der Waals surface area contributed by atoms with Crippen LogP contribution in [0, 0.1) is 18.3 Å². The van der Waals surface area contributed by atoms with Crippen LogP contribution in [0.3, 0.4) is 0 Å². The molecule has 1 atom stereocenters. The van der Waals surface area contributed by atoms with Gasteiger partial charge in [-0.25, -0.2) is 4.79 Å². The second-order valence-electron chi connectivity index (χ2n) is 6.53. The fourth-order valence-electron chi connectivity index (χ4n) is 3.02. The molecule has 0 spiro atoms. The molecule has 1 aliphatic rings. The van der Waals surface area contributed by atoms with Gasteiger partial charge < -0.3 is 21.4 Å². The lowest BCUT2D eigenvalue weighted by molar-refractivity contribution is 0.547. The maximum atomic E-state index is 12.3. The first-order chi connectivity index (χ1) is 12.5. The summed E-state index contributed by atoms with van der Waals surface area (Å²) in [5.74, 6) is 0.414. The van der Waals surface area contributed by atoms with E-state index in [1.807, 2.05) is 25.3 Å². The van der Waals surface area contributed by atoms with Gasteiger partial charge >= 0.3 is 5.69 Å². The first-order valence-electron chi connectivity index (χ1n) is 8.79. The zero-order chi connectivity index (χ0) is 18.5. The third-order valence-electron chi connectivity index (χ3n) is 4.34. The smallest absolute Gasteiger partial charge is 0.354 e. The van der Waals surface area contributed by atoms with Crippen molar-refractivity contribution in [3.8, 4) is 0 Å². The summed E-state index contributed by atoms with van der Waals surface area (Å²) < 4.78 is 1.60. The molecule has 2 aromatic heterocycles. The SMILES string of the molecule is Cc1cc2cn(C3=CCC(CNCCCNC(=N)N)C=C3)c(=O)nc2[nH]1. The lowest BCUT2D eigenvalue weighted by Crippen LogP contribution is -2.33. The summed E-state index contributed by atoms with van der Waals surface area (Å²) in [6, 6.07) is 1.99. The summed E-state index contributed by atoms with van der Waals surface area (Å²) in [6.07, 6.45) is 9.83. The summed E-state index contributed by atoms with van der Waals surface area (Å²) in [4.78, 5) is 19.5. The largest absolute Gasteiger partial charge is 0.370 e. The molecule has 3 rings (SSSR count). The van der Waals surface area contributed by atoms with Crippen LogP contribution >= 0.6 is 0 Å². The molecule has 0 radical (unpaired) electrons. The number of rotatable bonds is 7. The van der Waals surface area contributed by atoms with Crippen LogP contribution < -0.4 is 22.1 Å². The van der Waals surface area contributed by atoms with E-state index in [0.717, 1.165) is 42.7 Å². The third kappa shape index (κ3) is 4.40. The second-order valence-corrected chi connectivity index (χ2v) is 6.53. The monoisotopic (exact) mass is 355 g/mol. The van der Waals surface area contributed by atoms with Crippen molar-refractivity contribution < 1.29 is 0 Å². The summed E-state index contributed by atoms with van der Waals surface area (Å²) in [7, 11) is 0. The number of hydrogen-bond acceptors (Lipinski definition) is 4. The molecule has 138 valence electrons. The predicted molar refractivity (Wildman–Crippen MR) is 104 cm³/mol. The molecule has 2 aromatic rings. The molecule has 0 saturated heterocycles. The van der Waals surface area contributed by atoms with Gasteiger partial charge in [-0.2, -0.15) is 4.98 Å². The van der Waals surface area contributed by atoms with Crippen LogP contribution in [0.5, 0.6) is 0 Å². The fourth-order valence-corrected chi connectivity index (χ4v) is 3.02. The van der Waals surface area contributed by atoms with E-state index in [4.69, 9.17) is 11.1 Å². The highest BCUT2D eigenvalue weighted by Crippen LogP contribution is 2.19. The quantitative estimate of drug-likeness (QED) is 0.287. The van der Waals surface area contributed by atoms with Gasteiger partial charge in [0.25, 0.3) is 0 Å². The minimum absolute atomic E-state index is 0.00981. The van der Waals surface area contributed by atoms with Gasteiger partial charge in [-0.15, -0.1) is 0 Å². The highest BCUT2D eigenvalue weighted by atomic mass is 16.1. The van der Waals surface area contributed by atoms with Crippen molar-refractivity contribution in [3.63, 3.8) is 0 Å². The number of aromatic amines is 1. The van der Waals surface area contributed by atoms with E-state index in [1.165, 1.54) is 0 Å². The highest BCUT2D eigenvalue weighted by Gasteiger charge is 2.12. The number of nitrogens with two attached hydrogens (primary N) is 1. The molecule has 1 unspecified atom stereocenters. The Morgan fingerprint density at radius 2 is 2.35 bits per heavy atom. The van der Waals surface area contributed by atoms with Crippen molar-refractivity contribution in [2.45, 2.75) is 19.8 Å². The zero-order valence-corrected chi connectivity index (χ0v) is 14.9. The van der Waals surface area contributed by atoms with Crippen LogP contribution in [0.2, 0.25) is 0 Å². The molecule has 0 amide bonds. The number of aryl methyl sites for hydroxylation is 1. The Morgan fingerprint density at radius 3 is 3.08 bits per heavy atom. The minimum Gasteiger partial charge on any atom is -0.370 e.